The molecule has 0 aliphatic carbocycles. The second kappa shape index (κ2) is 9.06. The summed E-state index contributed by atoms with van der Waals surface area (Å²) in [6, 6.07) is 9.99. The van der Waals surface area contributed by atoms with E-state index in [0.717, 1.165) is 23.3 Å². The molecule has 1 aromatic carbocycles. The number of amides is 2. The van der Waals surface area contributed by atoms with Crippen LogP contribution < -0.4 is 10.1 Å². The predicted molar refractivity (Wildman–Crippen MR) is 99.7 cm³/mol. The SMILES string of the molecule is COc1ccc(C)cc1CCNC(=O)N(Cc1cccnc1)C(C)C. The summed E-state index contributed by atoms with van der Waals surface area (Å²) in [7, 11) is 1.67. The number of hydrogen-bond donors (Lipinski definition) is 1. The first-order chi connectivity index (χ1) is 12.0. The Bertz CT molecular complexity index is 687. The summed E-state index contributed by atoms with van der Waals surface area (Å²) in [6.07, 6.45) is 4.26. The van der Waals surface area contributed by atoms with Crippen LogP contribution >= 0.6 is 0 Å². The highest BCUT2D eigenvalue weighted by atomic mass is 16.5. The van der Waals surface area contributed by atoms with Gasteiger partial charge in [-0.2, -0.15) is 0 Å². The molecule has 2 rings (SSSR count). The summed E-state index contributed by atoms with van der Waals surface area (Å²) in [5, 5.41) is 3.01. The number of nitrogens with zero attached hydrogens (tertiary/aromatic N) is 2. The number of urea groups is 1. The molecule has 0 spiro atoms. The van der Waals surface area contributed by atoms with Crippen molar-refractivity contribution in [3.05, 3.63) is 59.4 Å². The van der Waals surface area contributed by atoms with Crippen molar-refractivity contribution in [1.82, 2.24) is 15.2 Å². The fraction of sp³-hybridized carbons (Fsp3) is 0.400. The van der Waals surface area contributed by atoms with E-state index in [1.165, 1.54) is 5.56 Å². The number of carbonyl (C=O) groups excluding carboxylic acids is 1. The molecule has 1 heterocycles. The van der Waals surface area contributed by atoms with Gasteiger partial charge in [0.25, 0.3) is 0 Å². The minimum Gasteiger partial charge on any atom is -0.496 e. The third kappa shape index (κ3) is 5.48. The van der Waals surface area contributed by atoms with Gasteiger partial charge in [-0.3, -0.25) is 4.98 Å². The van der Waals surface area contributed by atoms with E-state index >= 15 is 0 Å². The Morgan fingerprint density at radius 1 is 1.32 bits per heavy atom. The normalized spacial score (nSPS) is 10.6. The van der Waals surface area contributed by atoms with Crippen LogP contribution in [0, 0.1) is 6.92 Å². The Hall–Kier alpha value is -2.56. The Labute approximate surface area is 150 Å². The largest absolute Gasteiger partial charge is 0.496 e. The Morgan fingerprint density at radius 2 is 2.12 bits per heavy atom. The maximum absolute atomic E-state index is 12.6. The van der Waals surface area contributed by atoms with Crippen LogP contribution in [0.4, 0.5) is 4.79 Å². The van der Waals surface area contributed by atoms with E-state index in [1.54, 1.807) is 19.5 Å². The highest BCUT2D eigenvalue weighted by Gasteiger charge is 2.17. The number of benzene rings is 1. The Balaban J connectivity index is 1.94. The van der Waals surface area contributed by atoms with Gasteiger partial charge in [-0.15, -0.1) is 0 Å². The molecule has 0 aliphatic rings. The van der Waals surface area contributed by atoms with Gasteiger partial charge in [0.1, 0.15) is 5.75 Å². The van der Waals surface area contributed by atoms with E-state index in [4.69, 9.17) is 4.74 Å². The van der Waals surface area contributed by atoms with Crippen LogP contribution in [0.1, 0.15) is 30.5 Å². The summed E-state index contributed by atoms with van der Waals surface area (Å²) in [6.45, 7) is 7.19. The van der Waals surface area contributed by atoms with Crippen molar-refractivity contribution >= 4 is 6.03 Å². The molecule has 5 nitrogen and oxygen atoms in total. The Morgan fingerprint density at radius 3 is 2.76 bits per heavy atom. The van der Waals surface area contributed by atoms with Crippen molar-refractivity contribution in [2.45, 2.75) is 39.8 Å². The van der Waals surface area contributed by atoms with E-state index in [0.29, 0.717) is 13.1 Å². The Kier molecular flexibility index (Phi) is 6.81. The molecule has 2 amide bonds. The fourth-order valence-corrected chi connectivity index (χ4v) is 2.69. The molecular weight excluding hydrogens is 314 g/mol. The van der Waals surface area contributed by atoms with Gasteiger partial charge in [-0.1, -0.05) is 23.8 Å². The van der Waals surface area contributed by atoms with Gasteiger partial charge in [0.05, 0.1) is 7.11 Å². The number of aromatic nitrogens is 1. The standard InChI is InChI=1S/C20H27N3O2/c1-15(2)23(14-17-6-5-10-21-13-17)20(24)22-11-9-18-12-16(3)7-8-19(18)25-4/h5-8,10,12-13,15H,9,11,14H2,1-4H3,(H,22,24). The van der Waals surface area contributed by atoms with Crippen LogP contribution in [0.2, 0.25) is 0 Å². The maximum atomic E-state index is 12.6. The number of nitrogens with one attached hydrogen (secondary N) is 1. The van der Waals surface area contributed by atoms with Crippen LogP contribution in [0.15, 0.2) is 42.7 Å². The van der Waals surface area contributed by atoms with Crippen LogP contribution in [-0.4, -0.2) is 35.6 Å². The van der Waals surface area contributed by atoms with Gasteiger partial charge in [0, 0.05) is 31.5 Å². The second-order valence-electron chi connectivity index (χ2n) is 6.38. The highest BCUT2D eigenvalue weighted by Crippen LogP contribution is 2.19. The summed E-state index contributed by atoms with van der Waals surface area (Å²) < 4.78 is 5.39. The lowest BCUT2D eigenvalue weighted by Gasteiger charge is -2.27. The van der Waals surface area contributed by atoms with Crippen molar-refractivity contribution in [2.75, 3.05) is 13.7 Å². The molecular formula is C20H27N3O2. The molecule has 0 saturated carbocycles. The zero-order valence-electron chi connectivity index (χ0n) is 15.5. The molecule has 0 fully saturated rings. The molecule has 134 valence electrons. The predicted octanol–water partition coefficient (Wildman–Crippen LogP) is 3.56. The molecule has 0 radical (unpaired) electrons. The quantitative estimate of drug-likeness (QED) is 0.838. The van der Waals surface area contributed by atoms with Crippen molar-refractivity contribution in [3.63, 3.8) is 0 Å². The summed E-state index contributed by atoms with van der Waals surface area (Å²) in [4.78, 5) is 18.5. The smallest absolute Gasteiger partial charge is 0.317 e. The van der Waals surface area contributed by atoms with E-state index < -0.39 is 0 Å². The number of pyridine rings is 1. The van der Waals surface area contributed by atoms with Gasteiger partial charge in [0.2, 0.25) is 0 Å². The zero-order chi connectivity index (χ0) is 18.2. The number of hydrogen-bond acceptors (Lipinski definition) is 3. The molecule has 0 aliphatic heterocycles. The van der Waals surface area contributed by atoms with Crippen molar-refractivity contribution < 1.29 is 9.53 Å². The monoisotopic (exact) mass is 341 g/mol. The van der Waals surface area contributed by atoms with E-state index in [9.17, 15) is 4.79 Å². The van der Waals surface area contributed by atoms with Gasteiger partial charge in [0.15, 0.2) is 0 Å². The number of carbonyl (C=O) groups is 1. The number of aryl methyl sites for hydroxylation is 1. The van der Waals surface area contributed by atoms with Gasteiger partial charge in [-0.25, -0.2) is 4.79 Å². The van der Waals surface area contributed by atoms with Gasteiger partial charge in [-0.05, 0) is 50.5 Å². The lowest BCUT2D eigenvalue weighted by molar-refractivity contribution is 0.180. The molecule has 1 aromatic heterocycles. The first kappa shape index (κ1) is 18.8. The van der Waals surface area contributed by atoms with Gasteiger partial charge < -0.3 is 15.0 Å². The third-order valence-electron chi connectivity index (χ3n) is 4.07. The van der Waals surface area contributed by atoms with Gasteiger partial charge >= 0.3 is 6.03 Å². The molecule has 0 atom stereocenters. The second-order valence-corrected chi connectivity index (χ2v) is 6.38. The lowest BCUT2D eigenvalue weighted by atomic mass is 10.1. The molecule has 0 saturated heterocycles. The minimum atomic E-state index is -0.0644. The van der Waals surface area contributed by atoms with E-state index in [1.807, 2.05) is 43.0 Å². The fourth-order valence-electron chi connectivity index (χ4n) is 2.69. The van der Waals surface area contributed by atoms with Crippen LogP contribution in [0.5, 0.6) is 5.75 Å². The average Bonchev–Trinajstić information content (AvgIpc) is 2.60. The van der Waals surface area contributed by atoms with Crippen LogP contribution in [0.3, 0.4) is 0 Å². The summed E-state index contributed by atoms with van der Waals surface area (Å²) in [5.74, 6) is 0.857. The van der Waals surface area contributed by atoms with Crippen molar-refractivity contribution in [1.29, 1.82) is 0 Å². The summed E-state index contributed by atoms with van der Waals surface area (Å²) in [5.41, 5.74) is 3.31. The topological polar surface area (TPSA) is 54.5 Å². The van der Waals surface area contributed by atoms with Crippen molar-refractivity contribution in [3.8, 4) is 5.75 Å². The van der Waals surface area contributed by atoms with Crippen molar-refractivity contribution in [2.24, 2.45) is 0 Å². The highest BCUT2D eigenvalue weighted by molar-refractivity contribution is 5.74. The first-order valence-corrected chi connectivity index (χ1v) is 8.58. The maximum Gasteiger partial charge on any atom is 0.317 e. The molecule has 1 N–H and O–H groups in total. The van der Waals surface area contributed by atoms with Crippen LogP contribution in [0.25, 0.3) is 0 Å². The first-order valence-electron chi connectivity index (χ1n) is 8.58. The minimum absolute atomic E-state index is 0.0644. The summed E-state index contributed by atoms with van der Waals surface area (Å²) >= 11 is 0. The van der Waals surface area contributed by atoms with E-state index in [2.05, 4.69) is 23.3 Å². The molecule has 5 heteroatoms. The average molecular weight is 341 g/mol. The third-order valence-corrected chi connectivity index (χ3v) is 4.07. The number of ether oxygens (including phenoxy) is 1. The van der Waals surface area contributed by atoms with Crippen LogP contribution in [-0.2, 0) is 13.0 Å². The zero-order valence-corrected chi connectivity index (χ0v) is 15.5. The molecule has 2 aromatic rings. The molecule has 0 unspecified atom stereocenters. The number of methoxy groups -OCH3 is 1. The number of rotatable bonds is 7. The van der Waals surface area contributed by atoms with E-state index in [-0.39, 0.29) is 12.1 Å². The molecule has 25 heavy (non-hydrogen) atoms. The lowest BCUT2D eigenvalue weighted by Crippen LogP contribution is -2.44. The molecule has 0 bridgehead atoms.